The molecule has 3 aromatic carbocycles. The van der Waals surface area contributed by atoms with E-state index < -0.39 is 0 Å². The van der Waals surface area contributed by atoms with Crippen LogP contribution in [0.1, 0.15) is 11.4 Å². The Morgan fingerprint density at radius 2 is 1.56 bits per heavy atom. The molecule has 0 aliphatic carbocycles. The zero-order valence-electron chi connectivity index (χ0n) is 20.6. The van der Waals surface area contributed by atoms with Gasteiger partial charge in [0.25, 0.3) is 0 Å². The highest BCUT2D eigenvalue weighted by atomic mass is 15.4. The van der Waals surface area contributed by atoms with Gasteiger partial charge in [-0.3, -0.25) is 0 Å². The summed E-state index contributed by atoms with van der Waals surface area (Å²) in [6, 6.07) is 30.2. The molecule has 36 heavy (non-hydrogen) atoms. The van der Waals surface area contributed by atoms with Gasteiger partial charge in [0.2, 0.25) is 0 Å². The van der Waals surface area contributed by atoms with Crippen molar-refractivity contribution in [2.75, 3.05) is 23.5 Å². The summed E-state index contributed by atoms with van der Waals surface area (Å²) in [5.74, 6) is 0.992. The fourth-order valence-electron chi connectivity index (χ4n) is 5.51. The lowest BCUT2D eigenvalue weighted by Gasteiger charge is -2.20. The zero-order valence-corrected chi connectivity index (χ0v) is 20.6. The quantitative estimate of drug-likeness (QED) is 0.295. The molecule has 4 heterocycles. The number of anilines is 3. The number of fused-ring (bicyclic) bond motifs is 4. The van der Waals surface area contributed by atoms with E-state index in [-0.39, 0.29) is 0 Å². The molecule has 0 amide bonds. The molecule has 6 aromatic rings. The first-order chi connectivity index (χ1) is 17.6. The standard InChI is InChI=1S/C30H26N6/c1-20-16-21(2)36(32-20)24-13-14-26-25-10-4-5-11-27(25)35(29(26)18-24)23-9-6-8-22(17-23)34-19-33(3)28-12-7-15-31-30(28)34/h4-18H,19H2,1-3H3. The Bertz CT molecular complexity index is 1780. The molecular formula is C30H26N6. The van der Waals surface area contributed by atoms with Gasteiger partial charge < -0.3 is 14.4 Å². The fourth-order valence-corrected chi connectivity index (χ4v) is 5.51. The number of benzene rings is 3. The molecule has 0 saturated carbocycles. The monoisotopic (exact) mass is 470 g/mol. The normalized spacial score (nSPS) is 13.2. The van der Waals surface area contributed by atoms with Crippen molar-refractivity contribution >= 4 is 39.0 Å². The van der Waals surface area contributed by atoms with Crippen LogP contribution >= 0.6 is 0 Å². The Hall–Kier alpha value is -4.58. The second kappa shape index (κ2) is 7.71. The van der Waals surface area contributed by atoms with Gasteiger partial charge in [-0.15, -0.1) is 0 Å². The van der Waals surface area contributed by atoms with Gasteiger partial charge in [-0.1, -0.05) is 30.3 Å². The lowest BCUT2D eigenvalue weighted by Crippen LogP contribution is -2.24. The molecule has 0 unspecified atom stereocenters. The topological polar surface area (TPSA) is 42.1 Å². The van der Waals surface area contributed by atoms with Gasteiger partial charge in [0, 0.05) is 41.1 Å². The maximum atomic E-state index is 4.73. The highest BCUT2D eigenvalue weighted by molar-refractivity contribution is 6.09. The number of pyridine rings is 1. The molecule has 0 N–H and O–H groups in total. The lowest BCUT2D eigenvalue weighted by molar-refractivity contribution is 0.834. The molecule has 0 saturated heterocycles. The van der Waals surface area contributed by atoms with E-state index in [0.29, 0.717) is 0 Å². The molecule has 0 spiro atoms. The van der Waals surface area contributed by atoms with E-state index >= 15 is 0 Å². The highest BCUT2D eigenvalue weighted by Crippen LogP contribution is 2.39. The summed E-state index contributed by atoms with van der Waals surface area (Å²) in [5, 5.41) is 7.20. The molecule has 6 heteroatoms. The van der Waals surface area contributed by atoms with Crippen LogP contribution in [0.4, 0.5) is 17.2 Å². The van der Waals surface area contributed by atoms with Crippen molar-refractivity contribution in [3.63, 3.8) is 0 Å². The van der Waals surface area contributed by atoms with Crippen LogP contribution in [0.2, 0.25) is 0 Å². The summed E-state index contributed by atoms with van der Waals surface area (Å²) in [6.45, 7) is 4.90. The van der Waals surface area contributed by atoms with Gasteiger partial charge in [0.05, 0.1) is 34.8 Å². The van der Waals surface area contributed by atoms with E-state index in [0.717, 1.165) is 52.1 Å². The Labute approximate surface area is 209 Å². The average molecular weight is 471 g/mol. The molecule has 0 fully saturated rings. The van der Waals surface area contributed by atoms with Crippen molar-refractivity contribution in [1.29, 1.82) is 0 Å². The molecule has 1 aliphatic heterocycles. The number of hydrogen-bond donors (Lipinski definition) is 0. The summed E-state index contributed by atoms with van der Waals surface area (Å²) in [5.41, 5.74) is 8.95. The van der Waals surface area contributed by atoms with Crippen molar-refractivity contribution in [3.05, 3.63) is 103 Å². The van der Waals surface area contributed by atoms with E-state index in [2.05, 4.69) is 112 Å². The molecule has 7 rings (SSSR count). The third-order valence-electron chi connectivity index (χ3n) is 7.10. The fraction of sp³-hybridized carbons (Fsp3) is 0.133. The number of hydrogen-bond acceptors (Lipinski definition) is 4. The first-order valence-electron chi connectivity index (χ1n) is 12.2. The van der Waals surface area contributed by atoms with Crippen LogP contribution < -0.4 is 9.80 Å². The molecular weight excluding hydrogens is 444 g/mol. The number of aryl methyl sites for hydroxylation is 2. The van der Waals surface area contributed by atoms with Crippen LogP contribution in [-0.4, -0.2) is 33.0 Å². The predicted molar refractivity (Wildman–Crippen MR) is 147 cm³/mol. The van der Waals surface area contributed by atoms with E-state index in [1.165, 1.54) is 16.3 Å². The van der Waals surface area contributed by atoms with Gasteiger partial charge >= 0.3 is 0 Å². The van der Waals surface area contributed by atoms with Crippen molar-refractivity contribution in [2.45, 2.75) is 13.8 Å². The van der Waals surface area contributed by atoms with Crippen LogP contribution in [-0.2, 0) is 0 Å². The lowest BCUT2D eigenvalue weighted by atomic mass is 10.1. The van der Waals surface area contributed by atoms with Gasteiger partial charge in [0.15, 0.2) is 5.82 Å². The summed E-state index contributed by atoms with van der Waals surface area (Å²) < 4.78 is 4.39. The van der Waals surface area contributed by atoms with E-state index in [1.807, 2.05) is 23.9 Å². The largest absolute Gasteiger partial charge is 0.354 e. The van der Waals surface area contributed by atoms with E-state index in [1.54, 1.807) is 0 Å². The molecule has 6 nitrogen and oxygen atoms in total. The predicted octanol–water partition coefficient (Wildman–Crippen LogP) is 6.53. The Morgan fingerprint density at radius 3 is 2.42 bits per heavy atom. The summed E-state index contributed by atoms with van der Waals surface area (Å²) >= 11 is 0. The van der Waals surface area contributed by atoms with Crippen molar-refractivity contribution < 1.29 is 0 Å². The average Bonchev–Trinajstić information content (AvgIpc) is 3.54. The summed E-state index contributed by atoms with van der Waals surface area (Å²) in [4.78, 5) is 9.19. The van der Waals surface area contributed by atoms with Crippen molar-refractivity contribution in [1.82, 2.24) is 19.3 Å². The van der Waals surface area contributed by atoms with Gasteiger partial charge in [-0.25, -0.2) is 9.67 Å². The van der Waals surface area contributed by atoms with Crippen molar-refractivity contribution in [2.24, 2.45) is 0 Å². The third kappa shape index (κ3) is 3.04. The number of nitrogens with zero attached hydrogens (tertiary/aromatic N) is 6. The van der Waals surface area contributed by atoms with E-state index in [9.17, 15) is 0 Å². The van der Waals surface area contributed by atoms with Crippen LogP contribution in [0.15, 0.2) is 91.1 Å². The SMILES string of the molecule is Cc1cc(C)n(-c2ccc3c4ccccc4n(-c4cccc(N5CN(C)c6cccnc65)c4)c3c2)n1. The molecule has 0 bridgehead atoms. The molecule has 0 atom stereocenters. The van der Waals surface area contributed by atoms with Crippen LogP contribution in [0, 0.1) is 13.8 Å². The minimum Gasteiger partial charge on any atom is -0.354 e. The third-order valence-corrected chi connectivity index (χ3v) is 7.10. The van der Waals surface area contributed by atoms with Crippen LogP contribution in [0.5, 0.6) is 0 Å². The van der Waals surface area contributed by atoms with E-state index in [4.69, 9.17) is 5.10 Å². The first kappa shape index (κ1) is 20.8. The van der Waals surface area contributed by atoms with Crippen LogP contribution in [0.3, 0.4) is 0 Å². The Balaban J connectivity index is 1.44. The minimum absolute atomic E-state index is 0.769. The maximum Gasteiger partial charge on any atom is 0.158 e. The van der Waals surface area contributed by atoms with Crippen molar-refractivity contribution in [3.8, 4) is 11.4 Å². The number of aromatic nitrogens is 4. The molecule has 0 radical (unpaired) electrons. The molecule has 1 aliphatic rings. The second-order valence-electron chi connectivity index (χ2n) is 9.53. The molecule has 176 valence electrons. The van der Waals surface area contributed by atoms with Gasteiger partial charge in [0.1, 0.15) is 0 Å². The number of rotatable bonds is 3. The number of para-hydroxylation sites is 1. The first-order valence-corrected chi connectivity index (χ1v) is 12.2. The molecule has 3 aromatic heterocycles. The zero-order chi connectivity index (χ0) is 24.4. The Morgan fingerprint density at radius 1 is 0.722 bits per heavy atom. The summed E-state index contributed by atoms with van der Waals surface area (Å²) in [6.07, 6.45) is 1.86. The van der Waals surface area contributed by atoms with Gasteiger partial charge in [-0.05, 0) is 68.4 Å². The van der Waals surface area contributed by atoms with Gasteiger partial charge in [-0.2, -0.15) is 5.10 Å². The summed E-state index contributed by atoms with van der Waals surface area (Å²) in [7, 11) is 2.11. The maximum absolute atomic E-state index is 4.73. The smallest absolute Gasteiger partial charge is 0.158 e. The van der Waals surface area contributed by atoms with Crippen LogP contribution in [0.25, 0.3) is 33.2 Å². The highest BCUT2D eigenvalue weighted by Gasteiger charge is 2.26. The minimum atomic E-state index is 0.769. The Kier molecular flexibility index (Phi) is 4.45. The second-order valence-corrected chi connectivity index (χ2v) is 9.53.